The first kappa shape index (κ1) is 18.4. The summed E-state index contributed by atoms with van der Waals surface area (Å²) in [7, 11) is 3.16. The number of urea groups is 1. The van der Waals surface area contributed by atoms with Crippen molar-refractivity contribution in [1.82, 2.24) is 9.55 Å². The van der Waals surface area contributed by atoms with E-state index in [1.165, 1.54) is 10.9 Å². The predicted octanol–water partition coefficient (Wildman–Crippen LogP) is 2.70. The van der Waals surface area contributed by atoms with Crippen LogP contribution in [0.25, 0.3) is 10.9 Å². The lowest BCUT2D eigenvalue weighted by Gasteiger charge is -2.10. The van der Waals surface area contributed by atoms with E-state index < -0.39 is 6.03 Å². The average Bonchev–Trinajstić information content (AvgIpc) is 2.68. The minimum absolute atomic E-state index is 0.147. The maximum Gasteiger partial charge on any atom is 0.323 e. The Hall–Kier alpha value is -3.39. The van der Waals surface area contributed by atoms with Crippen molar-refractivity contribution in [3.63, 3.8) is 0 Å². The van der Waals surface area contributed by atoms with Gasteiger partial charge in [0.25, 0.3) is 5.56 Å². The van der Waals surface area contributed by atoms with Crippen molar-refractivity contribution in [2.24, 2.45) is 0 Å². The van der Waals surface area contributed by atoms with Crippen LogP contribution in [0.5, 0.6) is 5.75 Å². The molecule has 0 atom stereocenters. The Labute approximate surface area is 155 Å². The van der Waals surface area contributed by atoms with E-state index in [4.69, 9.17) is 9.47 Å². The van der Waals surface area contributed by atoms with Crippen LogP contribution in [-0.4, -0.2) is 36.4 Å². The van der Waals surface area contributed by atoms with Crippen LogP contribution >= 0.6 is 0 Å². The Morgan fingerprint density at radius 2 is 1.78 bits per heavy atom. The van der Waals surface area contributed by atoms with Crippen molar-refractivity contribution in [2.45, 2.75) is 6.54 Å². The molecule has 0 bridgehead atoms. The number of anilines is 2. The van der Waals surface area contributed by atoms with Crippen molar-refractivity contribution >= 4 is 28.3 Å². The van der Waals surface area contributed by atoms with E-state index in [-0.39, 0.29) is 5.56 Å². The van der Waals surface area contributed by atoms with Gasteiger partial charge in [-0.3, -0.25) is 9.36 Å². The maximum absolute atomic E-state index is 12.4. The number of amides is 2. The van der Waals surface area contributed by atoms with Gasteiger partial charge in [-0.25, -0.2) is 9.78 Å². The van der Waals surface area contributed by atoms with Gasteiger partial charge in [0, 0.05) is 18.5 Å². The lowest BCUT2D eigenvalue weighted by Crippen LogP contribution is -2.23. The van der Waals surface area contributed by atoms with Crippen molar-refractivity contribution in [1.29, 1.82) is 0 Å². The molecule has 2 amide bonds. The van der Waals surface area contributed by atoms with E-state index >= 15 is 0 Å². The number of benzene rings is 2. The van der Waals surface area contributed by atoms with Crippen LogP contribution in [0.4, 0.5) is 16.2 Å². The summed E-state index contributed by atoms with van der Waals surface area (Å²) in [6, 6.07) is 11.6. The Morgan fingerprint density at radius 1 is 1.07 bits per heavy atom. The number of carbonyl (C=O) groups is 1. The fourth-order valence-electron chi connectivity index (χ4n) is 2.55. The van der Waals surface area contributed by atoms with Gasteiger partial charge < -0.3 is 20.1 Å². The van der Waals surface area contributed by atoms with Crippen LogP contribution in [0.1, 0.15) is 0 Å². The topological polar surface area (TPSA) is 94.5 Å². The normalized spacial score (nSPS) is 10.6. The molecule has 3 aromatic rings. The molecule has 0 fully saturated rings. The lowest BCUT2D eigenvalue weighted by atomic mass is 10.2. The highest BCUT2D eigenvalue weighted by atomic mass is 16.5. The van der Waals surface area contributed by atoms with E-state index in [1.807, 2.05) is 0 Å². The minimum Gasteiger partial charge on any atom is -0.497 e. The number of nitrogens with zero attached hydrogens (tertiary/aromatic N) is 2. The first-order valence-corrected chi connectivity index (χ1v) is 8.31. The smallest absolute Gasteiger partial charge is 0.323 e. The largest absolute Gasteiger partial charge is 0.497 e. The lowest BCUT2D eigenvalue weighted by molar-refractivity contribution is 0.186. The number of rotatable bonds is 6. The molecule has 2 N–H and O–H groups in total. The van der Waals surface area contributed by atoms with Crippen LogP contribution in [0.2, 0.25) is 0 Å². The second-order valence-electron chi connectivity index (χ2n) is 5.78. The summed E-state index contributed by atoms with van der Waals surface area (Å²) >= 11 is 0. The predicted molar refractivity (Wildman–Crippen MR) is 104 cm³/mol. The van der Waals surface area contributed by atoms with Crippen LogP contribution in [0.3, 0.4) is 0 Å². The summed E-state index contributed by atoms with van der Waals surface area (Å²) in [5.74, 6) is 0.706. The number of carbonyl (C=O) groups excluding carboxylic acids is 1. The Kier molecular flexibility index (Phi) is 5.68. The molecule has 1 heterocycles. The average molecular weight is 368 g/mol. The molecule has 0 saturated heterocycles. The summed E-state index contributed by atoms with van der Waals surface area (Å²) in [5, 5.41) is 5.94. The number of nitrogens with one attached hydrogen (secondary N) is 2. The van der Waals surface area contributed by atoms with Crippen molar-refractivity contribution in [3.8, 4) is 5.75 Å². The van der Waals surface area contributed by atoms with Gasteiger partial charge in [-0.15, -0.1) is 0 Å². The molecule has 8 nitrogen and oxygen atoms in total. The number of fused-ring (bicyclic) bond motifs is 1. The Bertz CT molecular complexity index is 999. The quantitative estimate of drug-likeness (QED) is 0.698. The zero-order chi connectivity index (χ0) is 19.2. The van der Waals surface area contributed by atoms with Crippen molar-refractivity contribution in [2.75, 3.05) is 31.5 Å². The zero-order valence-corrected chi connectivity index (χ0v) is 15.1. The monoisotopic (exact) mass is 368 g/mol. The van der Waals surface area contributed by atoms with Gasteiger partial charge in [0.1, 0.15) is 5.75 Å². The Morgan fingerprint density at radius 3 is 2.48 bits per heavy atom. The number of hydrogen-bond donors (Lipinski definition) is 2. The highest BCUT2D eigenvalue weighted by Crippen LogP contribution is 2.17. The molecule has 0 aliphatic rings. The number of methoxy groups -OCH3 is 2. The van der Waals surface area contributed by atoms with Crippen molar-refractivity contribution in [3.05, 3.63) is 59.1 Å². The van der Waals surface area contributed by atoms with Gasteiger partial charge in [0.15, 0.2) is 0 Å². The molecule has 3 rings (SSSR count). The van der Waals surface area contributed by atoms with E-state index in [9.17, 15) is 9.59 Å². The summed E-state index contributed by atoms with van der Waals surface area (Å²) in [6.07, 6.45) is 1.48. The maximum atomic E-state index is 12.4. The molecule has 0 saturated carbocycles. The highest BCUT2D eigenvalue weighted by molar-refractivity contribution is 6.00. The molecular weight excluding hydrogens is 348 g/mol. The number of aromatic nitrogens is 2. The van der Waals surface area contributed by atoms with E-state index in [1.54, 1.807) is 56.7 Å². The molecule has 0 aliphatic carbocycles. The Balaban J connectivity index is 1.72. The summed E-state index contributed by atoms with van der Waals surface area (Å²) < 4.78 is 11.6. The fraction of sp³-hybridized carbons (Fsp3) is 0.211. The zero-order valence-electron chi connectivity index (χ0n) is 15.1. The molecule has 0 spiro atoms. The van der Waals surface area contributed by atoms with Crippen LogP contribution in [0.15, 0.2) is 53.6 Å². The molecule has 0 unspecified atom stereocenters. The fourth-order valence-corrected chi connectivity index (χ4v) is 2.55. The van der Waals surface area contributed by atoms with E-state index in [0.717, 1.165) is 0 Å². The number of hydrogen-bond acceptors (Lipinski definition) is 5. The first-order valence-electron chi connectivity index (χ1n) is 8.31. The third kappa shape index (κ3) is 4.42. The van der Waals surface area contributed by atoms with E-state index in [0.29, 0.717) is 41.2 Å². The number of ether oxygens (including phenoxy) is 2. The third-order valence-corrected chi connectivity index (χ3v) is 3.97. The molecule has 0 aliphatic heterocycles. The molecule has 140 valence electrons. The molecule has 27 heavy (non-hydrogen) atoms. The molecule has 1 aromatic heterocycles. The molecule has 0 radical (unpaired) electrons. The van der Waals surface area contributed by atoms with Gasteiger partial charge in [-0.1, -0.05) is 0 Å². The van der Waals surface area contributed by atoms with Gasteiger partial charge in [-0.05, 0) is 42.5 Å². The summed E-state index contributed by atoms with van der Waals surface area (Å²) in [4.78, 5) is 28.9. The van der Waals surface area contributed by atoms with Gasteiger partial charge in [0.2, 0.25) is 0 Å². The minimum atomic E-state index is -0.395. The third-order valence-electron chi connectivity index (χ3n) is 3.97. The molecule has 8 heteroatoms. The van der Waals surface area contributed by atoms with Crippen LogP contribution in [0, 0.1) is 0 Å². The second kappa shape index (κ2) is 8.33. The molecular formula is C19H20N4O4. The van der Waals surface area contributed by atoms with Gasteiger partial charge in [0.05, 0.1) is 37.5 Å². The standard InChI is InChI=1S/C19H20N4O4/c1-26-10-9-23-12-20-17-11-14(5-8-16(17)18(23)24)22-19(25)21-13-3-6-15(27-2)7-4-13/h3-8,11-12H,9-10H2,1-2H3,(H2,21,22,25). The van der Waals surface area contributed by atoms with Crippen LogP contribution in [-0.2, 0) is 11.3 Å². The van der Waals surface area contributed by atoms with Gasteiger partial charge >= 0.3 is 6.03 Å². The van der Waals surface area contributed by atoms with Crippen LogP contribution < -0.4 is 20.9 Å². The SMILES string of the molecule is COCCn1cnc2cc(NC(=O)Nc3ccc(OC)cc3)ccc2c1=O. The first-order chi connectivity index (χ1) is 13.1. The molecule has 2 aromatic carbocycles. The summed E-state index contributed by atoms with van der Waals surface area (Å²) in [5.41, 5.74) is 1.53. The second-order valence-corrected chi connectivity index (χ2v) is 5.78. The van der Waals surface area contributed by atoms with E-state index in [2.05, 4.69) is 15.6 Å². The van der Waals surface area contributed by atoms with Gasteiger partial charge in [-0.2, -0.15) is 0 Å². The summed E-state index contributed by atoms with van der Waals surface area (Å²) in [6.45, 7) is 0.862. The highest BCUT2D eigenvalue weighted by Gasteiger charge is 2.07. The van der Waals surface area contributed by atoms with Crippen molar-refractivity contribution < 1.29 is 14.3 Å².